The van der Waals surface area contributed by atoms with Crippen molar-refractivity contribution in [2.75, 3.05) is 6.54 Å². The quantitative estimate of drug-likeness (QED) is 0.630. The van der Waals surface area contributed by atoms with E-state index in [0.717, 1.165) is 49.6 Å². The monoisotopic (exact) mass is 341 g/mol. The number of hydrogen-bond acceptors (Lipinski definition) is 5. The van der Waals surface area contributed by atoms with Crippen molar-refractivity contribution < 1.29 is 4.92 Å². The fourth-order valence-electron chi connectivity index (χ4n) is 4.10. The Hall–Kier alpha value is -2.28. The predicted molar refractivity (Wildman–Crippen MR) is 93.1 cm³/mol. The van der Waals surface area contributed by atoms with Crippen LogP contribution in [-0.2, 0) is 19.5 Å². The van der Waals surface area contributed by atoms with Crippen molar-refractivity contribution in [1.82, 2.24) is 19.7 Å². The van der Waals surface area contributed by atoms with Crippen LogP contribution in [0.4, 0.5) is 5.69 Å². The van der Waals surface area contributed by atoms with Crippen molar-refractivity contribution >= 4 is 5.69 Å². The maximum absolute atomic E-state index is 11.3. The minimum absolute atomic E-state index is 0.202. The predicted octanol–water partition coefficient (Wildman–Crippen LogP) is 3.25. The van der Waals surface area contributed by atoms with Crippen LogP contribution in [0.2, 0.25) is 0 Å². The summed E-state index contributed by atoms with van der Waals surface area (Å²) in [6.45, 7) is 2.52. The number of rotatable bonds is 4. The van der Waals surface area contributed by atoms with Crippen molar-refractivity contribution in [2.24, 2.45) is 0 Å². The zero-order valence-corrected chi connectivity index (χ0v) is 14.3. The second-order valence-electron chi connectivity index (χ2n) is 6.95. The molecule has 1 aromatic carbocycles. The molecule has 1 saturated heterocycles. The molecule has 0 amide bonds. The third kappa shape index (κ3) is 3.16. The topological polar surface area (TPSA) is 77.1 Å². The third-order valence-electron chi connectivity index (χ3n) is 5.36. The molecule has 132 valence electrons. The molecule has 1 aromatic heterocycles. The summed E-state index contributed by atoms with van der Waals surface area (Å²) in [5.41, 5.74) is 0.975. The molecule has 3 heterocycles. The van der Waals surface area contributed by atoms with Gasteiger partial charge in [0.15, 0.2) is 0 Å². The van der Waals surface area contributed by atoms with Gasteiger partial charge in [0.25, 0.3) is 5.69 Å². The normalized spacial score (nSPS) is 21.0. The van der Waals surface area contributed by atoms with E-state index in [-0.39, 0.29) is 16.7 Å². The second kappa shape index (κ2) is 6.92. The standard InChI is InChI=1S/C18H23N5O2/c24-23(25)15-8-4-3-7-14(15)13-21-11-6-9-16(21)18-20-19-17-10-2-1-5-12-22(17)18/h3-4,7-8,16H,1-2,5-6,9-13H2/t16-/m0/s1. The molecule has 0 spiro atoms. The van der Waals surface area contributed by atoms with Crippen LogP contribution in [0.15, 0.2) is 24.3 Å². The number of nitro groups is 1. The molecule has 2 aliphatic heterocycles. The zero-order valence-electron chi connectivity index (χ0n) is 14.3. The van der Waals surface area contributed by atoms with Crippen molar-refractivity contribution in [1.29, 1.82) is 0 Å². The molecule has 2 aromatic rings. The maximum Gasteiger partial charge on any atom is 0.273 e. The van der Waals surface area contributed by atoms with Crippen LogP contribution in [0.3, 0.4) is 0 Å². The molecule has 4 rings (SSSR count). The van der Waals surface area contributed by atoms with Gasteiger partial charge in [0, 0.05) is 31.1 Å². The molecule has 0 saturated carbocycles. The van der Waals surface area contributed by atoms with Crippen LogP contribution >= 0.6 is 0 Å². The summed E-state index contributed by atoms with van der Waals surface area (Å²) in [5.74, 6) is 2.15. The van der Waals surface area contributed by atoms with E-state index in [2.05, 4.69) is 19.7 Å². The number of hydrogen-bond donors (Lipinski definition) is 0. The van der Waals surface area contributed by atoms with Gasteiger partial charge in [-0.2, -0.15) is 0 Å². The lowest BCUT2D eigenvalue weighted by atomic mass is 10.1. The first-order valence-corrected chi connectivity index (χ1v) is 9.12. The van der Waals surface area contributed by atoms with Crippen molar-refractivity contribution in [3.63, 3.8) is 0 Å². The second-order valence-corrected chi connectivity index (χ2v) is 6.95. The molecule has 1 atom stereocenters. The van der Waals surface area contributed by atoms with Gasteiger partial charge >= 0.3 is 0 Å². The third-order valence-corrected chi connectivity index (χ3v) is 5.36. The summed E-state index contributed by atoms with van der Waals surface area (Å²) in [7, 11) is 0. The molecule has 0 unspecified atom stereocenters. The smallest absolute Gasteiger partial charge is 0.273 e. The van der Waals surface area contributed by atoms with Crippen molar-refractivity contribution in [2.45, 2.75) is 57.7 Å². The highest BCUT2D eigenvalue weighted by Gasteiger charge is 2.32. The Kier molecular flexibility index (Phi) is 4.48. The van der Waals surface area contributed by atoms with Gasteiger partial charge in [0.05, 0.1) is 11.0 Å². The molecular formula is C18H23N5O2. The summed E-state index contributed by atoms with van der Waals surface area (Å²) in [4.78, 5) is 13.3. The van der Waals surface area contributed by atoms with Gasteiger partial charge in [0.1, 0.15) is 11.6 Å². The Labute approximate surface area is 146 Å². The minimum atomic E-state index is -0.288. The minimum Gasteiger partial charge on any atom is -0.314 e. The first-order chi connectivity index (χ1) is 12.2. The zero-order chi connectivity index (χ0) is 17.2. The van der Waals surface area contributed by atoms with E-state index in [4.69, 9.17) is 0 Å². The van der Waals surface area contributed by atoms with Crippen LogP contribution in [0.5, 0.6) is 0 Å². The molecule has 1 fully saturated rings. The molecule has 7 heteroatoms. The highest BCUT2D eigenvalue weighted by molar-refractivity contribution is 5.39. The van der Waals surface area contributed by atoms with Crippen LogP contribution < -0.4 is 0 Å². The van der Waals surface area contributed by atoms with E-state index in [9.17, 15) is 10.1 Å². The molecule has 0 N–H and O–H groups in total. The fraction of sp³-hybridized carbons (Fsp3) is 0.556. The molecule has 0 radical (unpaired) electrons. The summed E-state index contributed by atoms with van der Waals surface area (Å²) in [5, 5.41) is 20.2. The van der Waals surface area contributed by atoms with Crippen LogP contribution in [0, 0.1) is 10.1 Å². The molecular weight excluding hydrogens is 318 g/mol. The first-order valence-electron chi connectivity index (χ1n) is 9.12. The number of fused-ring (bicyclic) bond motifs is 1. The maximum atomic E-state index is 11.3. The summed E-state index contributed by atoms with van der Waals surface area (Å²) < 4.78 is 2.30. The first kappa shape index (κ1) is 16.2. The fourth-order valence-corrected chi connectivity index (χ4v) is 4.10. The average molecular weight is 341 g/mol. The molecule has 7 nitrogen and oxygen atoms in total. The van der Waals surface area contributed by atoms with Crippen LogP contribution in [0.1, 0.15) is 55.4 Å². The number of nitrogens with zero attached hydrogens (tertiary/aromatic N) is 5. The van der Waals surface area contributed by atoms with Crippen molar-refractivity contribution in [3.05, 3.63) is 51.6 Å². The molecule has 0 bridgehead atoms. The number of likely N-dealkylation sites (tertiary alicyclic amines) is 1. The van der Waals surface area contributed by atoms with Crippen LogP contribution in [-0.4, -0.2) is 31.1 Å². The van der Waals surface area contributed by atoms with E-state index in [0.29, 0.717) is 6.54 Å². The average Bonchev–Trinajstić information content (AvgIpc) is 3.15. The van der Waals surface area contributed by atoms with E-state index in [1.54, 1.807) is 12.1 Å². The molecule has 2 aliphatic rings. The Bertz CT molecular complexity index is 773. The lowest BCUT2D eigenvalue weighted by molar-refractivity contribution is -0.385. The van der Waals surface area contributed by atoms with Gasteiger partial charge in [-0.25, -0.2) is 0 Å². The Morgan fingerprint density at radius 3 is 2.88 bits per heavy atom. The van der Waals surface area contributed by atoms with Gasteiger partial charge in [-0.15, -0.1) is 10.2 Å². The van der Waals surface area contributed by atoms with Crippen molar-refractivity contribution in [3.8, 4) is 0 Å². The van der Waals surface area contributed by atoms with E-state index in [1.165, 1.54) is 19.3 Å². The van der Waals surface area contributed by atoms with Crippen LogP contribution in [0.25, 0.3) is 0 Å². The number of para-hydroxylation sites is 1. The van der Waals surface area contributed by atoms with E-state index >= 15 is 0 Å². The largest absolute Gasteiger partial charge is 0.314 e. The summed E-state index contributed by atoms with van der Waals surface area (Å²) >= 11 is 0. The lowest BCUT2D eigenvalue weighted by Crippen LogP contribution is -2.26. The molecule has 0 aliphatic carbocycles. The van der Waals surface area contributed by atoms with Gasteiger partial charge in [-0.05, 0) is 32.2 Å². The van der Waals surface area contributed by atoms with Gasteiger partial charge in [-0.3, -0.25) is 15.0 Å². The Morgan fingerprint density at radius 2 is 2.00 bits per heavy atom. The molecule has 25 heavy (non-hydrogen) atoms. The SMILES string of the molecule is O=[N+]([O-])c1ccccc1CN1CCC[C@H]1c1nnc2n1CCCCC2. The van der Waals surface area contributed by atoms with E-state index < -0.39 is 0 Å². The summed E-state index contributed by atoms with van der Waals surface area (Å²) in [6.07, 6.45) is 6.74. The highest BCUT2D eigenvalue weighted by atomic mass is 16.6. The Balaban J connectivity index is 1.60. The van der Waals surface area contributed by atoms with Gasteiger partial charge in [-0.1, -0.05) is 24.6 Å². The number of aryl methyl sites for hydroxylation is 1. The Morgan fingerprint density at radius 1 is 1.12 bits per heavy atom. The van der Waals surface area contributed by atoms with Gasteiger partial charge in [0.2, 0.25) is 0 Å². The number of benzene rings is 1. The van der Waals surface area contributed by atoms with Gasteiger partial charge < -0.3 is 4.57 Å². The van der Waals surface area contributed by atoms with E-state index in [1.807, 2.05) is 12.1 Å². The highest BCUT2D eigenvalue weighted by Crippen LogP contribution is 2.34. The summed E-state index contributed by atoms with van der Waals surface area (Å²) in [6, 6.07) is 7.25. The number of aromatic nitrogens is 3. The lowest BCUT2D eigenvalue weighted by Gasteiger charge is -2.24. The number of nitro benzene ring substituents is 1.